The van der Waals surface area contributed by atoms with Gasteiger partial charge in [0.15, 0.2) is 5.17 Å². The van der Waals surface area contributed by atoms with Crippen LogP contribution in [0.4, 0.5) is 5.69 Å². The first kappa shape index (κ1) is 21.6. The third-order valence-corrected chi connectivity index (χ3v) is 5.97. The zero-order valence-corrected chi connectivity index (χ0v) is 18.4. The normalized spacial score (nSPS) is 16.0. The van der Waals surface area contributed by atoms with Gasteiger partial charge in [0.2, 0.25) is 0 Å². The fraction of sp³-hybridized carbons (Fsp3) is 0.115. The molecule has 0 radical (unpaired) electrons. The first-order valence-electron chi connectivity index (χ1n) is 10.2. The molecule has 1 saturated heterocycles. The summed E-state index contributed by atoms with van der Waals surface area (Å²) in [5.74, 6) is -0.461. The van der Waals surface area contributed by atoms with E-state index in [9.17, 15) is 9.59 Å². The van der Waals surface area contributed by atoms with Crippen molar-refractivity contribution in [1.82, 2.24) is 4.90 Å². The maximum absolute atomic E-state index is 13.2. The van der Waals surface area contributed by atoms with Crippen molar-refractivity contribution in [3.8, 4) is 0 Å². The van der Waals surface area contributed by atoms with Gasteiger partial charge in [0.1, 0.15) is 0 Å². The number of aliphatic imine (C=N–C) groups is 1. The Morgan fingerprint density at radius 2 is 1.62 bits per heavy atom. The van der Waals surface area contributed by atoms with Crippen LogP contribution in [0.5, 0.6) is 0 Å². The third-order valence-electron chi connectivity index (χ3n) is 4.97. The quantitative estimate of drug-likeness (QED) is 0.383. The number of amides is 1. The van der Waals surface area contributed by atoms with Crippen LogP contribution in [0.3, 0.4) is 0 Å². The van der Waals surface area contributed by atoms with Crippen LogP contribution < -0.4 is 0 Å². The van der Waals surface area contributed by atoms with E-state index in [4.69, 9.17) is 9.73 Å². The van der Waals surface area contributed by atoms with Crippen molar-refractivity contribution in [1.29, 1.82) is 0 Å². The van der Waals surface area contributed by atoms with E-state index in [2.05, 4.69) is 12.1 Å². The van der Waals surface area contributed by atoms with Gasteiger partial charge in [0.05, 0.1) is 23.3 Å². The molecule has 32 heavy (non-hydrogen) atoms. The number of rotatable bonds is 6. The fourth-order valence-electron chi connectivity index (χ4n) is 3.27. The van der Waals surface area contributed by atoms with Gasteiger partial charge in [-0.2, -0.15) is 0 Å². The van der Waals surface area contributed by atoms with Gasteiger partial charge in [-0.3, -0.25) is 9.69 Å². The summed E-state index contributed by atoms with van der Waals surface area (Å²) in [6, 6.07) is 26.7. The molecular formula is C26H22N2O3S. The second-order valence-corrected chi connectivity index (χ2v) is 8.16. The van der Waals surface area contributed by atoms with Crippen LogP contribution in [-0.2, 0) is 16.0 Å². The average Bonchev–Trinajstić information content (AvgIpc) is 3.12. The maximum Gasteiger partial charge on any atom is 0.337 e. The molecule has 0 unspecified atom stereocenters. The molecule has 0 spiro atoms. The Morgan fingerprint density at radius 3 is 2.28 bits per heavy atom. The van der Waals surface area contributed by atoms with E-state index in [1.807, 2.05) is 54.6 Å². The van der Waals surface area contributed by atoms with E-state index in [1.54, 1.807) is 29.2 Å². The van der Waals surface area contributed by atoms with Gasteiger partial charge in [-0.1, -0.05) is 60.7 Å². The number of esters is 1. The van der Waals surface area contributed by atoms with E-state index in [0.717, 1.165) is 17.7 Å². The minimum absolute atomic E-state index is 0.0716. The maximum atomic E-state index is 13.2. The summed E-state index contributed by atoms with van der Waals surface area (Å²) >= 11 is 1.36. The minimum atomic E-state index is -0.389. The second kappa shape index (κ2) is 10.1. The van der Waals surface area contributed by atoms with E-state index >= 15 is 0 Å². The number of methoxy groups -OCH3 is 1. The van der Waals surface area contributed by atoms with Gasteiger partial charge in [0, 0.05) is 6.54 Å². The summed E-state index contributed by atoms with van der Waals surface area (Å²) in [5, 5.41) is 0.662. The highest BCUT2D eigenvalue weighted by molar-refractivity contribution is 8.18. The highest BCUT2D eigenvalue weighted by Gasteiger charge is 2.33. The molecule has 160 valence electrons. The molecule has 6 heteroatoms. The molecule has 4 rings (SSSR count). The van der Waals surface area contributed by atoms with E-state index in [1.165, 1.54) is 24.4 Å². The number of benzene rings is 3. The van der Waals surface area contributed by atoms with Gasteiger partial charge in [-0.25, -0.2) is 9.79 Å². The Kier molecular flexibility index (Phi) is 6.82. The van der Waals surface area contributed by atoms with Crippen LogP contribution in [-0.4, -0.2) is 35.6 Å². The molecule has 0 bridgehead atoms. The predicted molar refractivity (Wildman–Crippen MR) is 129 cm³/mol. The second-order valence-electron chi connectivity index (χ2n) is 7.15. The number of carbonyl (C=O) groups is 2. The number of hydrogen-bond acceptors (Lipinski definition) is 5. The van der Waals surface area contributed by atoms with Gasteiger partial charge < -0.3 is 4.74 Å². The zero-order chi connectivity index (χ0) is 22.3. The smallest absolute Gasteiger partial charge is 0.337 e. The van der Waals surface area contributed by atoms with Gasteiger partial charge in [-0.15, -0.1) is 0 Å². The lowest BCUT2D eigenvalue weighted by molar-refractivity contribution is -0.122. The number of thioether (sulfide) groups is 1. The molecule has 3 aromatic carbocycles. The number of amidine groups is 1. The summed E-state index contributed by atoms with van der Waals surface area (Å²) in [5.41, 5.74) is 3.27. The summed E-state index contributed by atoms with van der Waals surface area (Å²) in [6.07, 6.45) is 2.57. The van der Waals surface area contributed by atoms with Crippen LogP contribution in [0.2, 0.25) is 0 Å². The molecule has 0 saturated carbocycles. The number of carbonyl (C=O) groups excluding carboxylic acids is 2. The first-order chi connectivity index (χ1) is 15.6. The molecule has 5 nitrogen and oxygen atoms in total. The SMILES string of the molecule is COC(=O)c1ccc(/C=C2/SC(=Nc3ccccc3)N(CCc3ccccc3)C2=O)cc1. The summed E-state index contributed by atoms with van der Waals surface area (Å²) in [4.78, 5) is 31.9. The van der Waals surface area contributed by atoms with Gasteiger partial charge >= 0.3 is 5.97 Å². The summed E-state index contributed by atoms with van der Waals surface area (Å²) < 4.78 is 4.74. The van der Waals surface area contributed by atoms with Crippen LogP contribution in [0.25, 0.3) is 6.08 Å². The highest BCUT2D eigenvalue weighted by atomic mass is 32.2. The Bertz CT molecular complexity index is 1160. The van der Waals surface area contributed by atoms with Crippen LogP contribution >= 0.6 is 11.8 Å². The van der Waals surface area contributed by atoms with Crippen molar-refractivity contribution in [3.05, 3.63) is 107 Å². The highest BCUT2D eigenvalue weighted by Crippen LogP contribution is 2.34. The average molecular weight is 443 g/mol. The molecule has 3 aromatic rings. The Morgan fingerprint density at radius 1 is 0.969 bits per heavy atom. The Balaban J connectivity index is 1.60. The number of para-hydroxylation sites is 1. The minimum Gasteiger partial charge on any atom is -0.465 e. The molecular weight excluding hydrogens is 420 g/mol. The summed E-state index contributed by atoms with van der Waals surface area (Å²) in [7, 11) is 1.35. The van der Waals surface area contributed by atoms with E-state index < -0.39 is 0 Å². The zero-order valence-electron chi connectivity index (χ0n) is 17.6. The number of hydrogen-bond donors (Lipinski definition) is 0. The Hall–Kier alpha value is -3.64. The van der Waals surface area contributed by atoms with Crippen molar-refractivity contribution >= 4 is 40.6 Å². The van der Waals surface area contributed by atoms with Crippen molar-refractivity contribution < 1.29 is 14.3 Å². The molecule has 1 aliphatic heterocycles. The molecule has 0 N–H and O–H groups in total. The number of nitrogens with zero attached hydrogens (tertiary/aromatic N) is 2. The lowest BCUT2D eigenvalue weighted by atomic mass is 10.1. The monoisotopic (exact) mass is 442 g/mol. The van der Waals surface area contributed by atoms with Crippen molar-refractivity contribution in [2.24, 2.45) is 4.99 Å². The van der Waals surface area contributed by atoms with E-state index in [-0.39, 0.29) is 11.9 Å². The van der Waals surface area contributed by atoms with Crippen molar-refractivity contribution in [3.63, 3.8) is 0 Å². The van der Waals surface area contributed by atoms with Crippen molar-refractivity contribution in [2.45, 2.75) is 6.42 Å². The number of ether oxygens (including phenoxy) is 1. The molecule has 0 atom stereocenters. The van der Waals surface area contributed by atoms with E-state index in [0.29, 0.717) is 22.2 Å². The first-order valence-corrected chi connectivity index (χ1v) is 11.0. The topological polar surface area (TPSA) is 59.0 Å². The fourth-order valence-corrected chi connectivity index (χ4v) is 4.30. The molecule has 1 aliphatic rings. The van der Waals surface area contributed by atoms with Crippen LogP contribution in [0.15, 0.2) is 94.8 Å². The van der Waals surface area contributed by atoms with Gasteiger partial charge in [-0.05, 0) is 59.7 Å². The third kappa shape index (κ3) is 5.15. The molecule has 0 aliphatic carbocycles. The molecule has 1 amide bonds. The lowest BCUT2D eigenvalue weighted by Crippen LogP contribution is -2.31. The molecule has 1 fully saturated rings. The van der Waals surface area contributed by atoms with Gasteiger partial charge in [0.25, 0.3) is 5.91 Å². The molecule has 0 aromatic heterocycles. The Labute approximate surface area is 191 Å². The predicted octanol–water partition coefficient (Wildman–Crippen LogP) is 5.32. The summed E-state index contributed by atoms with van der Waals surface area (Å²) in [6.45, 7) is 0.542. The van der Waals surface area contributed by atoms with Crippen LogP contribution in [0, 0.1) is 0 Å². The van der Waals surface area contributed by atoms with Crippen LogP contribution in [0.1, 0.15) is 21.5 Å². The standard InChI is InChI=1S/C26H22N2O3S/c1-31-25(30)21-14-12-20(13-15-21)18-23-24(29)28(17-16-19-8-4-2-5-9-19)26(32-23)27-22-10-6-3-7-11-22/h2-15,18H,16-17H2,1H3/b23-18+,27-26?. The largest absolute Gasteiger partial charge is 0.465 e. The lowest BCUT2D eigenvalue weighted by Gasteiger charge is -2.15. The molecule has 1 heterocycles. The van der Waals surface area contributed by atoms with Crippen molar-refractivity contribution in [2.75, 3.05) is 13.7 Å².